The molecule has 38 heavy (non-hydrogen) atoms. The van der Waals surface area contributed by atoms with Crippen LogP contribution in [0.3, 0.4) is 0 Å². The molecule has 3 rings (SSSR count). The molecule has 0 aliphatic rings. The highest BCUT2D eigenvalue weighted by Crippen LogP contribution is 2.27. The number of benzene rings is 3. The minimum atomic E-state index is -0.304. The van der Waals surface area contributed by atoms with Gasteiger partial charge in [-0.15, -0.1) is 0 Å². The molecule has 2 amide bonds. The Hall–Kier alpha value is -3.14. The van der Waals surface area contributed by atoms with Crippen LogP contribution in [0, 0.1) is 0 Å². The van der Waals surface area contributed by atoms with E-state index < -0.39 is 0 Å². The van der Waals surface area contributed by atoms with E-state index in [0.717, 1.165) is 15.8 Å². The SMILES string of the molecule is C=O.C=O.CCCC.CSNC(=O)c1cc(Br)ccc1NC(=O)c1cccc(N(C)c2ccc(Cl)cc2)c1. The zero-order valence-corrected chi connectivity index (χ0v) is 25.1. The maximum Gasteiger partial charge on any atom is 0.263 e. The first-order valence-corrected chi connectivity index (χ1v) is 13.8. The van der Waals surface area contributed by atoms with Crippen LogP contribution in [0.15, 0.2) is 71.2 Å². The molecule has 10 heteroatoms. The molecule has 3 aromatic rings. The minimum Gasteiger partial charge on any atom is -0.345 e. The maximum atomic E-state index is 12.9. The third-order valence-corrected chi connectivity index (χ3v) is 6.01. The fraction of sp³-hybridized carbons (Fsp3) is 0.214. The molecule has 0 saturated heterocycles. The van der Waals surface area contributed by atoms with Gasteiger partial charge >= 0.3 is 0 Å². The van der Waals surface area contributed by atoms with Crippen molar-refractivity contribution in [1.82, 2.24) is 4.72 Å². The Morgan fingerprint density at radius 3 is 2.05 bits per heavy atom. The molecular formula is C28H33BrClN3O4S. The Bertz CT molecular complexity index is 1150. The van der Waals surface area contributed by atoms with Gasteiger partial charge in [-0.25, -0.2) is 0 Å². The number of rotatable bonds is 7. The minimum absolute atomic E-state index is 0.282. The first kappa shape index (κ1) is 34.9. The summed E-state index contributed by atoms with van der Waals surface area (Å²) in [7, 11) is 1.92. The third-order valence-electron chi connectivity index (χ3n) is 4.88. The van der Waals surface area contributed by atoms with Gasteiger partial charge in [-0.1, -0.05) is 72.2 Å². The lowest BCUT2D eigenvalue weighted by molar-refractivity contribution is -0.0987. The second-order valence-corrected chi connectivity index (χ2v) is 9.33. The van der Waals surface area contributed by atoms with Crippen molar-refractivity contribution in [3.63, 3.8) is 0 Å². The predicted octanol–water partition coefficient (Wildman–Crippen LogP) is 7.57. The largest absolute Gasteiger partial charge is 0.345 e. The van der Waals surface area contributed by atoms with Gasteiger partial charge in [0, 0.05) is 39.7 Å². The molecule has 0 bridgehead atoms. The summed E-state index contributed by atoms with van der Waals surface area (Å²) in [6, 6.07) is 19.9. The molecule has 0 radical (unpaired) electrons. The molecule has 0 aromatic heterocycles. The molecule has 0 fully saturated rings. The molecule has 7 nitrogen and oxygen atoms in total. The molecule has 204 valence electrons. The average Bonchev–Trinajstić information content (AvgIpc) is 2.96. The smallest absolute Gasteiger partial charge is 0.263 e. The summed E-state index contributed by atoms with van der Waals surface area (Å²) in [6.07, 6.45) is 4.40. The average molecular weight is 623 g/mol. The molecule has 0 heterocycles. The van der Waals surface area contributed by atoms with E-state index in [1.807, 2.05) is 61.9 Å². The van der Waals surface area contributed by atoms with E-state index in [1.165, 1.54) is 24.8 Å². The number of unbranched alkanes of at least 4 members (excludes halogenated alkanes) is 1. The van der Waals surface area contributed by atoms with Gasteiger partial charge in [-0.3, -0.25) is 14.3 Å². The first-order valence-electron chi connectivity index (χ1n) is 11.4. The fourth-order valence-corrected chi connectivity index (χ4v) is 3.61. The maximum absolute atomic E-state index is 12.9. The second kappa shape index (κ2) is 19.9. The standard InChI is InChI=1S/C22H19BrClN3O2S.C4H10.2CH2O/c1-27(17-9-7-16(24)8-10-17)18-5-3-4-14(12-18)21(28)25-20-11-6-15(23)13-19(20)22(29)26-30-2;1-3-4-2;2*1-2/h3-13H,1-2H3,(H,25,28)(H,26,29);3-4H2,1-2H3;2*1H2. The van der Waals surface area contributed by atoms with Gasteiger partial charge < -0.3 is 19.8 Å². The van der Waals surface area contributed by atoms with E-state index in [-0.39, 0.29) is 11.8 Å². The van der Waals surface area contributed by atoms with E-state index in [2.05, 4.69) is 39.8 Å². The van der Waals surface area contributed by atoms with Gasteiger partial charge in [-0.2, -0.15) is 0 Å². The van der Waals surface area contributed by atoms with Crippen LogP contribution in [0.25, 0.3) is 0 Å². The van der Waals surface area contributed by atoms with Crippen molar-refractivity contribution in [3.8, 4) is 0 Å². The number of carbonyl (C=O) groups excluding carboxylic acids is 4. The lowest BCUT2D eigenvalue weighted by atomic mass is 10.1. The van der Waals surface area contributed by atoms with E-state index in [4.69, 9.17) is 21.2 Å². The van der Waals surface area contributed by atoms with Crippen LogP contribution in [0.1, 0.15) is 47.4 Å². The number of anilines is 3. The third kappa shape index (κ3) is 11.5. The van der Waals surface area contributed by atoms with Crippen LogP contribution in [-0.4, -0.2) is 38.7 Å². The number of hydrogen-bond acceptors (Lipinski definition) is 6. The van der Waals surface area contributed by atoms with Gasteiger partial charge in [0.25, 0.3) is 11.8 Å². The number of nitrogens with one attached hydrogen (secondary N) is 2. The van der Waals surface area contributed by atoms with Crippen LogP contribution in [0.5, 0.6) is 0 Å². The highest BCUT2D eigenvalue weighted by molar-refractivity contribution is 9.10. The van der Waals surface area contributed by atoms with Crippen molar-refractivity contribution in [3.05, 3.63) is 87.4 Å². The molecule has 0 unspecified atom stereocenters. The Kier molecular flexibility index (Phi) is 18.3. The van der Waals surface area contributed by atoms with Crippen molar-refractivity contribution >= 4 is 81.9 Å². The number of nitrogens with zero attached hydrogens (tertiary/aromatic N) is 1. The van der Waals surface area contributed by atoms with Crippen molar-refractivity contribution in [2.24, 2.45) is 0 Å². The monoisotopic (exact) mass is 621 g/mol. The van der Waals surface area contributed by atoms with Crippen molar-refractivity contribution in [2.75, 3.05) is 23.5 Å². The molecular weight excluding hydrogens is 590 g/mol. The van der Waals surface area contributed by atoms with E-state index in [1.54, 1.807) is 36.6 Å². The van der Waals surface area contributed by atoms with Gasteiger partial charge in [-0.05, 0) is 60.7 Å². The highest BCUT2D eigenvalue weighted by Gasteiger charge is 2.16. The Labute approximate surface area is 242 Å². The lowest BCUT2D eigenvalue weighted by Crippen LogP contribution is -2.20. The first-order chi connectivity index (χ1) is 18.3. The molecule has 0 aliphatic heterocycles. The molecule has 0 aliphatic carbocycles. The number of hydrogen-bond donors (Lipinski definition) is 2. The summed E-state index contributed by atoms with van der Waals surface area (Å²) in [4.78, 5) is 43.2. The molecule has 0 atom stereocenters. The van der Waals surface area contributed by atoms with Crippen LogP contribution < -0.4 is 14.9 Å². The molecule has 0 spiro atoms. The summed E-state index contributed by atoms with van der Waals surface area (Å²) in [6.45, 7) is 8.36. The van der Waals surface area contributed by atoms with E-state index in [9.17, 15) is 9.59 Å². The number of halogens is 2. The predicted molar refractivity (Wildman–Crippen MR) is 164 cm³/mol. The van der Waals surface area contributed by atoms with Crippen LogP contribution in [-0.2, 0) is 9.59 Å². The quantitative estimate of drug-likeness (QED) is 0.264. The van der Waals surface area contributed by atoms with Crippen LogP contribution >= 0.6 is 39.5 Å². The lowest BCUT2D eigenvalue weighted by Gasteiger charge is -2.20. The van der Waals surface area contributed by atoms with Gasteiger partial charge in [0.05, 0.1) is 11.3 Å². The van der Waals surface area contributed by atoms with Crippen LogP contribution in [0.4, 0.5) is 17.1 Å². The van der Waals surface area contributed by atoms with Crippen molar-refractivity contribution in [2.45, 2.75) is 26.7 Å². The number of carbonyl (C=O) groups is 4. The fourth-order valence-electron chi connectivity index (χ4n) is 2.83. The Morgan fingerprint density at radius 2 is 1.50 bits per heavy atom. The Balaban J connectivity index is 0.00000153. The van der Waals surface area contributed by atoms with Gasteiger partial charge in [0.15, 0.2) is 0 Å². The Morgan fingerprint density at radius 1 is 0.895 bits per heavy atom. The number of amides is 2. The zero-order valence-electron chi connectivity index (χ0n) is 21.9. The van der Waals surface area contributed by atoms with Crippen LogP contribution in [0.2, 0.25) is 5.02 Å². The summed E-state index contributed by atoms with van der Waals surface area (Å²) in [5, 5.41) is 3.50. The van der Waals surface area contributed by atoms with Gasteiger partial charge in [0.2, 0.25) is 0 Å². The summed E-state index contributed by atoms with van der Waals surface area (Å²) >= 11 is 10.5. The molecule has 3 aromatic carbocycles. The zero-order chi connectivity index (χ0) is 29.1. The summed E-state index contributed by atoms with van der Waals surface area (Å²) in [5.41, 5.74) is 3.09. The summed E-state index contributed by atoms with van der Waals surface area (Å²) in [5.74, 6) is -0.586. The molecule has 2 N–H and O–H groups in total. The van der Waals surface area contributed by atoms with Crippen molar-refractivity contribution < 1.29 is 19.2 Å². The molecule has 0 saturated carbocycles. The highest BCUT2D eigenvalue weighted by atomic mass is 79.9. The second-order valence-electron chi connectivity index (χ2n) is 7.37. The van der Waals surface area contributed by atoms with Crippen molar-refractivity contribution in [1.29, 1.82) is 0 Å². The normalized spacial score (nSPS) is 9.21. The summed E-state index contributed by atoms with van der Waals surface area (Å²) < 4.78 is 3.43. The van der Waals surface area contributed by atoms with Gasteiger partial charge in [0.1, 0.15) is 13.6 Å². The van der Waals surface area contributed by atoms with E-state index >= 15 is 0 Å². The van der Waals surface area contributed by atoms with E-state index in [0.29, 0.717) is 21.8 Å². The topological polar surface area (TPSA) is 95.6 Å².